The van der Waals surface area contributed by atoms with Crippen LogP contribution in [0.25, 0.3) is 0 Å². The lowest BCUT2D eigenvalue weighted by Crippen LogP contribution is -2.53. The lowest BCUT2D eigenvalue weighted by molar-refractivity contribution is -0.153. The summed E-state index contributed by atoms with van der Waals surface area (Å²) in [6.07, 6.45) is 4.04. The summed E-state index contributed by atoms with van der Waals surface area (Å²) in [6, 6.07) is 9.25. The first kappa shape index (κ1) is 17.0. The van der Waals surface area contributed by atoms with E-state index in [-0.39, 0.29) is 11.9 Å². The number of ether oxygens (including phenoxy) is 1. The van der Waals surface area contributed by atoms with Crippen LogP contribution in [0.4, 0.5) is 0 Å². The molecule has 5 nitrogen and oxygen atoms in total. The summed E-state index contributed by atoms with van der Waals surface area (Å²) in [5.41, 5.74) is 0.763. The molecule has 0 unspecified atom stereocenters. The Balaban J connectivity index is 1.91. The van der Waals surface area contributed by atoms with Crippen LogP contribution in [0.3, 0.4) is 0 Å². The van der Waals surface area contributed by atoms with Crippen molar-refractivity contribution in [3.05, 3.63) is 35.4 Å². The zero-order chi connectivity index (χ0) is 16.7. The molecule has 0 spiro atoms. The van der Waals surface area contributed by atoms with Gasteiger partial charge in [0.05, 0.1) is 18.2 Å². The van der Waals surface area contributed by atoms with Gasteiger partial charge in [0.2, 0.25) is 5.91 Å². The third kappa shape index (κ3) is 4.32. The van der Waals surface area contributed by atoms with Gasteiger partial charge in [-0.3, -0.25) is 4.79 Å². The van der Waals surface area contributed by atoms with E-state index in [2.05, 4.69) is 11.4 Å². The first-order valence-electron chi connectivity index (χ1n) is 8.07. The minimum Gasteiger partial charge on any atom is -0.464 e. The second-order valence-electron chi connectivity index (χ2n) is 5.87. The van der Waals surface area contributed by atoms with E-state index in [0.717, 1.165) is 18.4 Å². The van der Waals surface area contributed by atoms with Crippen LogP contribution in [0.2, 0.25) is 0 Å². The predicted molar refractivity (Wildman–Crippen MR) is 85.5 cm³/mol. The molecule has 1 aromatic carbocycles. The Bertz CT molecular complexity index is 596. The third-order valence-electron chi connectivity index (χ3n) is 4.23. The highest BCUT2D eigenvalue weighted by atomic mass is 16.5. The van der Waals surface area contributed by atoms with E-state index in [1.165, 1.54) is 0 Å². The fourth-order valence-corrected chi connectivity index (χ4v) is 2.96. The summed E-state index contributed by atoms with van der Waals surface area (Å²) in [4.78, 5) is 24.4. The van der Waals surface area contributed by atoms with Crippen molar-refractivity contribution >= 4 is 11.9 Å². The maximum Gasteiger partial charge on any atom is 0.331 e. The largest absolute Gasteiger partial charge is 0.464 e. The van der Waals surface area contributed by atoms with Gasteiger partial charge in [-0.05, 0) is 43.9 Å². The highest BCUT2D eigenvalue weighted by Crippen LogP contribution is 2.31. The maximum atomic E-state index is 12.2. The van der Waals surface area contributed by atoms with E-state index in [1.807, 2.05) is 12.1 Å². The van der Waals surface area contributed by atoms with Gasteiger partial charge in [-0.25, -0.2) is 4.79 Å². The molecule has 1 aliphatic rings. The first-order chi connectivity index (χ1) is 11.1. The van der Waals surface area contributed by atoms with Crippen LogP contribution in [0, 0.1) is 11.3 Å². The summed E-state index contributed by atoms with van der Waals surface area (Å²) < 4.78 is 5.13. The number of nitrogens with one attached hydrogen (secondary N) is 1. The number of hydrogen-bond acceptors (Lipinski definition) is 4. The molecular formula is C18H22N2O3. The zero-order valence-corrected chi connectivity index (χ0v) is 13.4. The van der Waals surface area contributed by atoms with Gasteiger partial charge < -0.3 is 10.1 Å². The van der Waals surface area contributed by atoms with Crippen molar-refractivity contribution in [1.82, 2.24) is 5.32 Å². The smallest absolute Gasteiger partial charge is 0.331 e. The lowest BCUT2D eigenvalue weighted by atomic mass is 9.97. The van der Waals surface area contributed by atoms with Crippen LogP contribution < -0.4 is 5.32 Å². The molecule has 1 N–H and O–H groups in total. The number of nitriles is 1. The average molecular weight is 314 g/mol. The summed E-state index contributed by atoms with van der Waals surface area (Å²) in [7, 11) is 0. The fraction of sp³-hybridized carbons (Fsp3) is 0.500. The van der Waals surface area contributed by atoms with Crippen molar-refractivity contribution in [3.8, 4) is 6.07 Å². The van der Waals surface area contributed by atoms with Crippen molar-refractivity contribution in [2.75, 3.05) is 6.61 Å². The SMILES string of the molecule is CCOC(=O)C1(NC(=O)CCc2ccc(C#N)cc2)CCCC1. The first-order valence-corrected chi connectivity index (χ1v) is 8.07. The monoisotopic (exact) mass is 314 g/mol. The molecule has 0 heterocycles. The van der Waals surface area contributed by atoms with E-state index < -0.39 is 5.54 Å². The van der Waals surface area contributed by atoms with Crippen molar-refractivity contribution in [2.24, 2.45) is 0 Å². The Hall–Kier alpha value is -2.35. The minimum absolute atomic E-state index is 0.135. The standard InChI is InChI=1S/C18H22N2O3/c1-2-23-17(22)18(11-3-4-12-18)20-16(21)10-9-14-5-7-15(13-19)8-6-14/h5-8H,2-4,9-12H2,1H3,(H,20,21). The summed E-state index contributed by atoms with van der Waals surface area (Å²) in [5, 5.41) is 11.7. The van der Waals surface area contributed by atoms with Crippen molar-refractivity contribution in [3.63, 3.8) is 0 Å². The third-order valence-corrected chi connectivity index (χ3v) is 4.23. The van der Waals surface area contributed by atoms with Gasteiger partial charge in [-0.2, -0.15) is 5.26 Å². The summed E-state index contributed by atoms with van der Waals surface area (Å²) >= 11 is 0. The molecule has 0 bridgehead atoms. The Labute approximate surface area is 136 Å². The van der Waals surface area contributed by atoms with Crippen molar-refractivity contribution < 1.29 is 14.3 Å². The van der Waals surface area contributed by atoms with E-state index in [1.54, 1.807) is 19.1 Å². The molecule has 1 fully saturated rings. The topological polar surface area (TPSA) is 79.2 Å². The molecule has 0 aromatic heterocycles. The molecule has 23 heavy (non-hydrogen) atoms. The van der Waals surface area contributed by atoms with Gasteiger partial charge in [0.1, 0.15) is 5.54 Å². The number of hydrogen-bond donors (Lipinski definition) is 1. The Morgan fingerprint density at radius 3 is 2.48 bits per heavy atom. The van der Waals surface area contributed by atoms with Crippen LogP contribution >= 0.6 is 0 Å². The number of aryl methyl sites for hydroxylation is 1. The van der Waals surface area contributed by atoms with Crippen LogP contribution in [0.15, 0.2) is 24.3 Å². The van der Waals surface area contributed by atoms with Crippen molar-refractivity contribution in [1.29, 1.82) is 5.26 Å². The molecule has 1 aromatic rings. The van der Waals surface area contributed by atoms with Crippen LogP contribution in [0.5, 0.6) is 0 Å². The Morgan fingerprint density at radius 1 is 1.26 bits per heavy atom. The molecule has 0 atom stereocenters. The van der Waals surface area contributed by atoms with E-state index in [9.17, 15) is 9.59 Å². The number of carbonyl (C=O) groups is 2. The number of rotatable bonds is 6. The number of benzene rings is 1. The second-order valence-corrected chi connectivity index (χ2v) is 5.87. The molecule has 1 aliphatic carbocycles. The van der Waals surface area contributed by atoms with Crippen molar-refractivity contribution in [2.45, 2.75) is 51.0 Å². The summed E-state index contributed by atoms with van der Waals surface area (Å²) in [5.74, 6) is -0.450. The molecule has 1 saturated carbocycles. The normalized spacial score (nSPS) is 15.7. The summed E-state index contributed by atoms with van der Waals surface area (Å²) in [6.45, 7) is 2.09. The molecule has 0 saturated heterocycles. The Morgan fingerprint density at radius 2 is 1.91 bits per heavy atom. The van der Waals surface area contributed by atoms with E-state index >= 15 is 0 Å². The number of esters is 1. The van der Waals surface area contributed by atoms with Gasteiger partial charge in [0.25, 0.3) is 0 Å². The molecule has 0 aliphatic heterocycles. The zero-order valence-electron chi connectivity index (χ0n) is 13.4. The van der Waals surface area contributed by atoms with Gasteiger partial charge in [0.15, 0.2) is 0 Å². The molecule has 2 rings (SSSR count). The predicted octanol–water partition coefficient (Wildman–Crippen LogP) is 2.48. The molecule has 0 radical (unpaired) electrons. The van der Waals surface area contributed by atoms with Crippen LogP contribution in [0.1, 0.15) is 50.2 Å². The lowest BCUT2D eigenvalue weighted by Gasteiger charge is -2.27. The quantitative estimate of drug-likeness (QED) is 0.818. The fourth-order valence-electron chi connectivity index (χ4n) is 2.96. The second kappa shape index (κ2) is 7.77. The van der Waals surface area contributed by atoms with Gasteiger partial charge in [0, 0.05) is 6.42 Å². The van der Waals surface area contributed by atoms with E-state index in [4.69, 9.17) is 10.00 Å². The Kier molecular flexibility index (Phi) is 5.75. The van der Waals surface area contributed by atoms with E-state index in [0.29, 0.717) is 37.9 Å². The number of nitrogens with zero attached hydrogens (tertiary/aromatic N) is 1. The average Bonchev–Trinajstić information content (AvgIpc) is 3.03. The van der Waals surface area contributed by atoms with Crippen LogP contribution in [-0.4, -0.2) is 24.0 Å². The highest BCUT2D eigenvalue weighted by Gasteiger charge is 2.43. The molecule has 5 heteroatoms. The molecule has 122 valence electrons. The molecule has 1 amide bonds. The number of amides is 1. The minimum atomic E-state index is -0.836. The van der Waals surface area contributed by atoms with Gasteiger partial charge >= 0.3 is 5.97 Å². The molecular weight excluding hydrogens is 292 g/mol. The maximum absolute atomic E-state index is 12.2. The number of carbonyl (C=O) groups excluding carboxylic acids is 2. The highest BCUT2D eigenvalue weighted by molar-refractivity contribution is 5.88. The van der Waals surface area contributed by atoms with Gasteiger partial charge in [-0.1, -0.05) is 25.0 Å². The van der Waals surface area contributed by atoms with Crippen LogP contribution in [-0.2, 0) is 20.7 Å². The van der Waals surface area contributed by atoms with Gasteiger partial charge in [-0.15, -0.1) is 0 Å².